The Bertz CT molecular complexity index is 656. The van der Waals surface area contributed by atoms with E-state index in [2.05, 4.69) is 66.0 Å². The zero-order valence-corrected chi connectivity index (χ0v) is 13.1. The van der Waals surface area contributed by atoms with Gasteiger partial charge in [-0.15, -0.1) is 0 Å². The average Bonchev–Trinajstić information content (AvgIpc) is 2.64. The lowest BCUT2D eigenvalue weighted by Gasteiger charge is -2.22. The third-order valence-corrected chi connectivity index (χ3v) is 4.04. The Kier molecular flexibility index (Phi) is 5.20. The summed E-state index contributed by atoms with van der Waals surface area (Å²) in [6.45, 7) is 0.721. The van der Waals surface area contributed by atoms with Gasteiger partial charge in [0.1, 0.15) is 0 Å². The van der Waals surface area contributed by atoms with E-state index in [0.29, 0.717) is 0 Å². The predicted molar refractivity (Wildman–Crippen MR) is 96.1 cm³/mol. The summed E-state index contributed by atoms with van der Waals surface area (Å²) in [6.07, 6.45) is 0. The Morgan fingerprint density at radius 2 is 1.00 bits per heavy atom. The molecule has 3 N–H and O–H groups in total. The number of hydrogen-bond acceptors (Lipinski definition) is 2. The van der Waals surface area contributed by atoms with E-state index < -0.39 is 0 Å². The fraction of sp³-hybridized carbons (Fsp3) is 0.143. The summed E-state index contributed by atoms with van der Waals surface area (Å²) in [5.74, 6) is 0. The second-order valence-corrected chi connectivity index (χ2v) is 5.68. The van der Waals surface area contributed by atoms with Crippen LogP contribution in [0.1, 0.15) is 28.8 Å². The normalized spacial score (nSPS) is 12.3. The Balaban J connectivity index is 1.77. The van der Waals surface area contributed by atoms with Crippen molar-refractivity contribution in [1.29, 1.82) is 0 Å². The molecule has 0 saturated heterocycles. The Hall–Kier alpha value is -2.42. The van der Waals surface area contributed by atoms with Gasteiger partial charge in [-0.05, 0) is 16.7 Å². The Morgan fingerprint density at radius 1 is 0.609 bits per heavy atom. The van der Waals surface area contributed by atoms with Crippen LogP contribution in [0.15, 0.2) is 91.0 Å². The maximum Gasteiger partial charge on any atom is 0.0577 e. The molecule has 3 rings (SSSR count). The highest BCUT2D eigenvalue weighted by Gasteiger charge is 2.15. The topological polar surface area (TPSA) is 38.0 Å². The van der Waals surface area contributed by atoms with Gasteiger partial charge >= 0.3 is 0 Å². The molecule has 0 saturated carbocycles. The smallest absolute Gasteiger partial charge is 0.0577 e. The van der Waals surface area contributed by atoms with Crippen molar-refractivity contribution in [1.82, 2.24) is 5.32 Å². The third kappa shape index (κ3) is 4.07. The highest BCUT2D eigenvalue weighted by atomic mass is 14.9. The van der Waals surface area contributed by atoms with Gasteiger partial charge in [0.15, 0.2) is 0 Å². The van der Waals surface area contributed by atoms with Crippen molar-refractivity contribution in [3.63, 3.8) is 0 Å². The van der Waals surface area contributed by atoms with Gasteiger partial charge in [0.2, 0.25) is 0 Å². The van der Waals surface area contributed by atoms with E-state index in [-0.39, 0.29) is 12.1 Å². The molecule has 0 amide bonds. The lowest BCUT2D eigenvalue weighted by molar-refractivity contribution is 0.548. The van der Waals surface area contributed by atoms with Crippen molar-refractivity contribution in [3.05, 3.63) is 108 Å². The molecule has 1 atom stereocenters. The number of rotatable bonds is 6. The molecule has 1 unspecified atom stereocenters. The van der Waals surface area contributed by atoms with Gasteiger partial charge in [0.05, 0.1) is 6.04 Å². The summed E-state index contributed by atoms with van der Waals surface area (Å²) < 4.78 is 0. The first-order chi connectivity index (χ1) is 11.3. The minimum absolute atomic E-state index is 0.0221. The molecular weight excluding hydrogens is 280 g/mol. The van der Waals surface area contributed by atoms with Gasteiger partial charge in [-0.3, -0.25) is 0 Å². The SMILES string of the molecule is NC(CNC(c1ccccc1)c1ccccc1)c1ccccc1. The van der Waals surface area contributed by atoms with E-state index >= 15 is 0 Å². The van der Waals surface area contributed by atoms with Gasteiger partial charge in [0, 0.05) is 12.6 Å². The van der Waals surface area contributed by atoms with Crippen LogP contribution in [-0.4, -0.2) is 6.54 Å². The minimum Gasteiger partial charge on any atom is -0.323 e. The van der Waals surface area contributed by atoms with Crippen LogP contribution in [0.5, 0.6) is 0 Å². The molecule has 2 nitrogen and oxygen atoms in total. The molecule has 0 radical (unpaired) electrons. The first-order valence-corrected chi connectivity index (χ1v) is 7.98. The number of nitrogens with two attached hydrogens (primary N) is 1. The maximum atomic E-state index is 6.34. The summed E-state index contributed by atoms with van der Waals surface area (Å²) in [5.41, 5.74) is 9.99. The lowest BCUT2D eigenvalue weighted by atomic mass is 9.98. The van der Waals surface area contributed by atoms with E-state index in [1.165, 1.54) is 11.1 Å². The van der Waals surface area contributed by atoms with Crippen molar-refractivity contribution >= 4 is 0 Å². The maximum absolute atomic E-state index is 6.34. The molecule has 116 valence electrons. The lowest BCUT2D eigenvalue weighted by Crippen LogP contribution is -2.30. The number of hydrogen-bond donors (Lipinski definition) is 2. The van der Waals surface area contributed by atoms with Crippen LogP contribution in [0, 0.1) is 0 Å². The summed E-state index contributed by atoms with van der Waals surface area (Å²) in [7, 11) is 0. The van der Waals surface area contributed by atoms with Crippen LogP contribution in [0.4, 0.5) is 0 Å². The van der Waals surface area contributed by atoms with Crippen molar-refractivity contribution < 1.29 is 0 Å². The van der Waals surface area contributed by atoms with Crippen molar-refractivity contribution in [2.75, 3.05) is 6.54 Å². The Morgan fingerprint density at radius 3 is 1.43 bits per heavy atom. The minimum atomic E-state index is -0.0221. The molecule has 0 aliphatic heterocycles. The summed E-state index contributed by atoms with van der Waals surface area (Å²) >= 11 is 0. The van der Waals surface area contributed by atoms with E-state index in [1.54, 1.807) is 0 Å². The first kappa shape index (κ1) is 15.5. The molecule has 0 fully saturated rings. The molecular formula is C21H22N2. The van der Waals surface area contributed by atoms with Crippen molar-refractivity contribution in [2.45, 2.75) is 12.1 Å². The van der Waals surface area contributed by atoms with Crippen LogP contribution < -0.4 is 11.1 Å². The molecule has 0 aromatic heterocycles. The van der Waals surface area contributed by atoms with Crippen LogP contribution in [0.25, 0.3) is 0 Å². The van der Waals surface area contributed by atoms with Gasteiger partial charge in [-0.2, -0.15) is 0 Å². The summed E-state index contributed by atoms with van der Waals surface area (Å²) in [6, 6.07) is 31.3. The third-order valence-electron chi connectivity index (χ3n) is 4.04. The van der Waals surface area contributed by atoms with Gasteiger partial charge in [-0.25, -0.2) is 0 Å². The van der Waals surface area contributed by atoms with Crippen molar-refractivity contribution in [2.24, 2.45) is 5.73 Å². The van der Waals surface area contributed by atoms with Gasteiger partial charge in [-0.1, -0.05) is 91.0 Å². The van der Waals surface area contributed by atoms with Crippen LogP contribution in [0.2, 0.25) is 0 Å². The van der Waals surface area contributed by atoms with E-state index in [1.807, 2.05) is 30.3 Å². The highest BCUT2D eigenvalue weighted by Crippen LogP contribution is 2.22. The second kappa shape index (κ2) is 7.73. The fourth-order valence-corrected chi connectivity index (χ4v) is 2.78. The molecule has 0 aliphatic carbocycles. The predicted octanol–water partition coefficient (Wildman–Crippen LogP) is 4.07. The number of benzene rings is 3. The average molecular weight is 302 g/mol. The monoisotopic (exact) mass is 302 g/mol. The molecule has 0 spiro atoms. The molecule has 3 aromatic carbocycles. The van der Waals surface area contributed by atoms with Crippen LogP contribution >= 0.6 is 0 Å². The molecule has 23 heavy (non-hydrogen) atoms. The van der Waals surface area contributed by atoms with Gasteiger partial charge in [0.25, 0.3) is 0 Å². The first-order valence-electron chi connectivity index (χ1n) is 7.98. The Labute approximate surface area is 138 Å². The molecule has 3 aromatic rings. The summed E-state index contributed by atoms with van der Waals surface area (Å²) in [5, 5.41) is 3.63. The highest BCUT2D eigenvalue weighted by molar-refractivity contribution is 5.31. The zero-order chi connectivity index (χ0) is 15.9. The largest absolute Gasteiger partial charge is 0.323 e. The van der Waals surface area contributed by atoms with E-state index in [0.717, 1.165) is 12.1 Å². The quantitative estimate of drug-likeness (QED) is 0.720. The van der Waals surface area contributed by atoms with Gasteiger partial charge < -0.3 is 11.1 Å². The van der Waals surface area contributed by atoms with Crippen LogP contribution in [0.3, 0.4) is 0 Å². The van der Waals surface area contributed by atoms with E-state index in [4.69, 9.17) is 5.73 Å². The fourth-order valence-electron chi connectivity index (χ4n) is 2.78. The van der Waals surface area contributed by atoms with Crippen LogP contribution in [-0.2, 0) is 0 Å². The molecule has 0 heterocycles. The standard InChI is InChI=1S/C21H22N2/c22-20(17-10-4-1-5-11-17)16-23-21(18-12-6-2-7-13-18)19-14-8-3-9-15-19/h1-15,20-21,23H,16,22H2. The molecule has 0 aliphatic rings. The molecule has 2 heteroatoms. The van der Waals surface area contributed by atoms with Crippen molar-refractivity contribution in [3.8, 4) is 0 Å². The number of nitrogens with one attached hydrogen (secondary N) is 1. The second-order valence-electron chi connectivity index (χ2n) is 5.68. The molecule has 0 bridgehead atoms. The zero-order valence-electron chi connectivity index (χ0n) is 13.1. The summed E-state index contributed by atoms with van der Waals surface area (Å²) in [4.78, 5) is 0. The van der Waals surface area contributed by atoms with E-state index in [9.17, 15) is 0 Å².